The van der Waals surface area contributed by atoms with Crippen LogP contribution in [-0.4, -0.2) is 0 Å². The van der Waals surface area contributed by atoms with Crippen molar-refractivity contribution in [3.8, 4) is 0 Å². The van der Waals surface area contributed by atoms with Crippen LogP contribution in [0.2, 0.25) is 0 Å². The van der Waals surface area contributed by atoms with Gasteiger partial charge >= 0.3 is 0 Å². The van der Waals surface area contributed by atoms with Crippen molar-refractivity contribution in [3.63, 3.8) is 0 Å². The van der Waals surface area contributed by atoms with Gasteiger partial charge in [0, 0.05) is 11.4 Å². The fourth-order valence-corrected chi connectivity index (χ4v) is 2.72. The second kappa shape index (κ2) is 6.57. The second-order valence-corrected chi connectivity index (χ2v) is 6.11. The topological polar surface area (TPSA) is 52.0 Å². The summed E-state index contributed by atoms with van der Waals surface area (Å²) in [6.45, 7) is 2.10. The molecule has 0 aromatic heterocycles. The van der Waals surface area contributed by atoms with Crippen LogP contribution < -0.4 is 11.5 Å². The van der Waals surface area contributed by atoms with Crippen LogP contribution in [-0.2, 0) is 12.8 Å². The quantitative estimate of drug-likeness (QED) is 0.704. The molecule has 4 N–H and O–H groups in total. The lowest BCUT2D eigenvalue weighted by molar-refractivity contribution is 1.14. The van der Waals surface area contributed by atoms with Crippen LogP contribution in [0.4, 0.5) is 11.4 Å². The standard InChI is InChI=1S/C21H22N2/c1-15-2-4-17(5-3-15)13-19-14-18(8-11-21(19)23)12-16-6-9-20(22)10-7-16/h2-11,14H,12-13,22-23H2,1H3. The molecule has 0 fully saturated rings. The second-order valence-electron chi connectivity index (χ2n) is 6.11. The van der Waals surface area contributed by atoms with Gasteiger partial charge in [0.1, 0.15) is 0 Å². The molecule has 2 nitrogen and oxygen atoms in total. The summed E-state index contributed by atoms with van der Waals surface area (Å²) in [5, 5.41) is 0. The van der Waals surface area contributed by atoms with Gasteiger partial charge in [-0.3, -0.25) is 0 Å². The first-order chi connectivity index (χ1) is 11.1. The number of hydrogen-bond acceptors (Lipinski definition) is 2. The highest BCUT2D eigenvalue weighted by atomic mass is 14.6. The average Bonchev–Trinajstić information content (AvgIpc) is 2.55. The summed E-state index contributed by atoms with van der Waals surface area (Å²) in [6.07, 6.45) is 1.75. The molecule has 3 rings (SSSR count). The van der Waals surface area contributed by atoms with E-state index in [4.69, 9.17) is 11.5 Å². The summed E-state index contributed by atoms with van der Waals surface area (Å²) in [4.78, 5) is 0. The van der Waals surface area contributed by atoms with Gasteiger partial charge in [-0.15, -0.1) is 0 Å². The fourth-order valence-electron chi connectivity index (χ4n) is 2.72. The zero-order chi connectivity index (χ0) is 16.2. The highest BCUT2D eigenvalue weighted by Gasteiger charge is 2.04. The Morgan fingerprint density at radius 2 is 1.22 bits per heavy atom. The molecule has 0 saturated heterocycles. The van der Waals surface area contributed by atoms with E-state index in [-0.39, 0.29) is 0 Å². The van der Waals surface area contributed by atoms with Crippen LogP contribution >= 0.6 is 0 Å². The molecule has 3 aromatic carbocycles. The molecular weight excluding hydrogens is 280 g/mol. The zero-order valence-corrected chi connectivity index (χ0v) is 13.4. The summed E-state index contributed by atoms with van der Waals surface area (Å²) < 4.78 is 0. The summed E-state index contributed by atoms with van der Waals surface area (Å²) in [5.74, 6) is 0. The molecule has 0 radical (unpaired) electrons. The predicted molar refractivity (Wildman–Crippen MR) is 98.5 cm³/mol. The molecule has 0 atom stereocenters. The Morgan fingerprint density at radius 3 is 1.91 bits per heavy atom. The number of benzene rings is 3. The maximum atomic E-state index is 6.16. The van der Waals surface area contributed by atoms with Gasteiger partial charge in [-0.25, -0.2) is 0 Å². The monoisotopic (exact) mass is 302 g/mol. The van der Waals surface area contributed by atoms with Crippen LogP contribution in [0.1, 0.15) is 27.8 Å². The van der Waals surface area contributed by atoms with Crippen molar-refractivity contribution in [2.45, 2.75) is 19.8 Å². The minimum Gasteiger partial charge on any atom is -0.399 e. The normalized spacial score (nSPS) is 10.7. The molecular formula is C21H22N2. The molecule has 0 heterocycles. The van der Waals surface area contributed by atoms with E-state index in [1.54, 1.807) is 0 Å². The first-order valence-electron chi connectivity index (χ1n) is 7.87. The molecule has 0 saturated carbocycles. The van der Waals surface area contributed by atoms with Gasteiger partial charge in [0.05, 0.1) is 0 Å². The Balaban J connectivity index is 1.81. The third-order valence-electron chi connectivity index (χ3n) is 4.11. The van der Waals surface area contributed by atoms with Crippen molar-refractivity contribution in [2.24, 2.45) is 0 Å². The maximum absolute atomic E-state index is 6.16. The SMILES string of the molecule is Cc1ccc(Cc2cc(Cc3ccc(N)cc3)ccc2N)cc1. The number of hydrogen-bond donors (Lipinski definition) is 2. The highest BCUT2D eigenvalue weighted by molar-refractivity contribution is 5.51. The van der Waals surface area contributed by atoms with Crippen molar-refractivity contribution in [1.82, 2.24) is 0 Å². The lowest BCUT2D eigenvalue weighted by Crippen LogP contribution is -1.98. The van der Waals surface area contributed by atoms with E-state index in [9.17, 15) is 0 Å². The van der Waals surface area contributed by atoms with Crippen LogP contribution in [0.15, 0.2) is 66.7 Å². The van der Waals surface area contributed by atoms with Crippen LogP contribution in [0.25, 0.3) is 0 Å². The molecule has 0 aliphatic heterocycles. The Kier molecular flexibility index (Phi) is 4.33. The van der Waals surface area contributed by atoms with E-state index in [0.717, 1.165) is 24.2 Å². The number of rotatable bonds is 4. The zero-order valence-electron chi connectivity index (χ0n) is 13.4. The van der Waals surface area contributed by atoms with Gasteiger partial charge in [-0.2, -0.15) is 0 Å². The summed E-state index contributed by atoms with van der Waals surface area (Å²) in [5.41, 5.74) is 19.8. The Hall–Kier alpha value is -2.74. The molecule has 116 valence electrons. The third-order valence-corrected chi connectivity index (χ3v) is 4.11. The fraction of sp³-hybridized carbons (Fsp3) is 0.143. The molecule has 0 amide bonds. The van der Waals surface area contributed by atoms with Crippen LogP contribution in [0, 0.1) is 6.92 Å². The summed E-state index contributed by atoms with van der Waals surface area (Å²) >= 11 is 0. The van der Waals surface area contributed by atoms with E-state index in [0.29, 0.717) is 0 Å². The molecule has 2 heteroatoms. The molecule has 3 aromatic rings. The maximum Gasteiger partial charge on any atom is 0.0350 e. The largest absolute Gasteiger partial charge is 0.399 e. The number of anilines is 2. The van der Waals surface area contributed by atoms with Gasteiger partial charge in [0.15, 0.2) is 0 Å². The minimum atomic E-state index is 0.797. The molecule has 0 unspecified atom stereocenters. The number of nitrogen functional groups attached to an aromatic ring is 2. The smallest absolute Gasteiger partial charge is 0.0350 e. The first-order valence-corrected chi connectivity index (χ1v) is 7.87. The lowest BCUT2D eigenvalue weighted by atomic mass is 9.97. The molecule has 0 aliphatic rings. The summed E-state index contributed by atoms with van der Waals surface area (Å²) in [7, 11) is 0. The first kappa shape index (κ1) is 15.2. The van der Waals surface area contributed by atoms with Crippen molar-refractivity contribution in [2.75, 3.05) is 11.5 Å². The summed E-state index contributed by atoms with van der Waals surface area (Å²) in [6, 6.07) is 23.0. The van der Waals surface area contributed by atoms with Crippen LogP contribution in [0.5, 0.6) is 0 Å². The molecule has 23 heavy (non-hydrogen) atoms. The molecule has 0 spiro atoms. The molecule has 0 bridgehead atoms. The predicted octanol–water partition coefficient (Wildman–Crippen LogP) is 4.34. The minimum absolute atomic E-state index is 0.797. The average molecular weight is 302 g/mol. The number of nitrogens with two attached hydrogens (primary N) is 2. The van der Waals surface area contributed by atoms with Crippen molar-refractivity contribution in [3.05, 3.63) is 94.5 Å². The third kappa shape index (κ3) is 3.92. The van der Waals surface area contributed by atoms with Gasteiger partial charge in [0.25, 0.3) is 0 Å². The van der Waals surface area contributed by atoms with Gasteiger partial charge in [-0.05, 0) is 60.2 Å². The highest BCUT2D eigenvalue weighted by Crippen LogP contribution is 2.21. The van der Waals surface area contributed by atoms with Gasteiger partial charge in [0.2, 0.25) is 0 Å². The van der Waals surface area contributed by atoms with Gasteiger partial charge < -0.3 is 11.5 Å². The van der Waals surface area contributed by atoms with Crippen molar-refractivity contribution >= 4 is 11.4 Å². The molecule has 0 aliphatic carbocycles. The van der Waals surface area contributed by atoms with E-state index < -0.39 is 0 Å². The van der Waals surface area contributed by atoms with Crippen LogP contribution in [0.3, 0.4) is 0 Å². The lowest BCUT2D eigenvalue weighted by Gasteiger charge is -2.10. The van der Waals surface area contributed by atoms with E-state index in [1.165, 1.54) is 27.8 Å². The Morgan fingerprint density at radius 1 is 0.652 bits per heavy atom. The van der Waals surface area contributed by atoms with Crippen molar-refractivity contribution in [1.29, 1.82) is 0 Å². The Labute approximate surface area is 137 Å². The van der Waals surface area contributed by atoms with E-state index in [2.05, 4.69) is 55.5 Å². The Bertz CT molecular complexity index is 787. The van der Waals surface area contributed by atoms with Crippen molar-refractivity contribution < 1.29 is 0 Å². The van der Waals surface area contributed by atoms with E-state index >= 15 is 0 Å². The van der Waals surface area contributed by atoms with E-state index in [1.807, 2.05) is 18.2 Å². The number of aryl methyl sites for hydroxylation is 1. The van der Waals surface area contributed by atoms with Gasteiger partial charge in [-0.1, -0.05) is 54.1 Å².